The lowest BCUT2D eigenvalue weighted by Gasteiger charge is -2.37. The molecule has 1 rings (SSSR count). The van der Waals surface area contributed by atoms with Crippen molar-refractivity contribution in [2.45, 2.75) is 38.3 Å². The molecule has 1 saturated heterocycles. The van der Waals surface area contributed by atoms with Crippen LogP contribution in [-0.2, 0) is 9.53 Å². The van der Waals surface area contributed by atoms with Gasteiger partial charge in [0.15, 0.2) is 0 Å². The van der Waals surface area contributed by atoms with Gasteiger partial charge in [0.25, 0.3) is 0 Å². The lowest BCUT2D eigenvalue weighted by molar-refractivity contribution is -0.124. The van der Waals surface area contributed by atoms with E-state index in [0.29, 0.717) is 12.6 Å². The zero-order chi connectivity index (χ0) is 12.9. The van der Waals surface area contributed by atoms with E-state index in [1.807, 2.05) is 13.8 Å². The standard InChI is InChI=1S/C12H25N3O2/c1-4-17-10-5-7-15(8-6-10)9-12(2,14-3)11(13)16/h10,14H,4-9H2,1-3H3,(H2,13,16). The summed E-state index contributed by atoms with van der Waals surface area (Å²) in [6.45, 7) is 7.25. The molecule has 3 N–H and O–H groups in total. The van der Waals surface area contributed by atoms with Crippen LogP contribution in [0.2, 0.25) is 0 Å². The second-order valence-electron chi connectivity index (χ2n) is 4.88. The highest BCUT2D eigenvalue weighted by atomic mass is 16.5. The number of nitrogens with one attached hydrogen (secondary N) is 1. The molecule has 1 aliphatic rings. The van der Waals surface area contributed by atoms with Crippen LogP contribution in [0.15, 0.2) is 0 Å². The van der Waals surface area contributed by atoms with Crippen molar-refractivity contribution < 1.29 is 9.53 Å². The normalized spacial score (nSPS) is 22.3. The first kappa shape index (κ1) is 14.4. The maximum atomic E-state index is 11.4. The summed E-state index contributed by atoms with van der Waals surface area (Å²) in [5.74, 6) is -0.299. The Labute approximate surface area is 104 Å². The summed E-state index contributed by atoms with van der Waals surface area (Å²) in [4.78, 5) is 13.7. The van der Waals surface area contributed by atoms with Crippen molar-refractivity contribution >= 4 is 5.91 Å². The molecular weight excluding hydrogens is 218 g/mol. The third-order valence-corrected chi connectivity index (χ3v) is 3.57. The van der Waals surface area contributed by atoms with Crippen LogP contribution in [0.1, 0.15) is 26.7 Å². The number of hydrogen-bond acceptors (Lipinski definition) is 4. The van der Waals surface area contributed by atoms with Crippen LogP contribution in [0.5, 0.6) is 0 Å². The molecule has 1 unspecified atom stereocenters. The summed E-state index contributed by atoms with van der Waals surface area (Å²) in [7, 11) is 1.78. The SMILES string of the molecule is CCOC1CCN(CC(C)(NC)C(N)=O)CC1. The number of amides is 1. The summed E-state index contributed by atoms with van der Waals surface area (Å²) < 4.78 is 5.60. The van der Waals surface area contributed by atoms with E-state index in [9.17, 15) is 4.79 Å². The van der Waals surface area contributed by atoms with Crippen molar-refractivity contribution in [1.82, 2.24) is 10.2 Å². The first-order chi connectivity index (χ1) is 8.01. The fraction of sp³-hybridized carbons (Fsp3) is 0.917. The monoisotopic (exact) mass is 243 g/mol. The average molecular weight is 243 g/mol. The molecule has 5 heteroatoms. The minimum atomic E-state index is -0.640. The van der Waals surface area contributed by atoms with Gasteiger partial charge in [0, 0.05) is 26.2 Å². The second kappa shape index (κ2) is 6.33. The second-order valence-corrected chi connectivity index (χ2v) is 4.88. The minimum absolute atomic E-state index is 0.299. The quantitative estimate of drug-likeness (QED) is 0.686. The Morgan fingerprint density at radius 2 is 2.12 bits per heavy atom. The van der Waals surface area contributed by atoms with Gasteiger partial charge in [-0.1, -0.05) is 0 Å². The topological polar surface area (TPSA) is 67.6 Å². The first-order valence-corrected chi connectivity index (χ1v) is 6.34. The molecule has 0 radical (unpaired) electrons. The molecule has 0 aliphatic carbocycles. The van der Waals surface area contributed by atoms with Gasteiger partial charge in [-0.15, -0.1) is 0 Å². The van der Waals surface area contributed by atoms with E-state index in [4.69, 9.17) is 10.5 Å². The van der Waals surface area contributed by atoms with Crippen molar-refractivity contribution in [3.63, 3.8) is 0 Å². The Morgan fingerprint density at radius 3 is 2.53 bits per heavy atom. The molecule has 1 atom stereocenters. The summed E-state index contributed by atoms with van der Waals surface area (Å²) in [5, 5.41) is 3.01. The Hall–Kier alpha value is -0.650. The number of carbonyl (C=O) groups is 1. The number of likely N-dealkylation sites (tertiary alicyclic amines) is 1. The van der Waals surface area contributed by atoms with Crippen molar-refractivity contribution in [2.24, 2.45) is 5.73 Å². The number of primary amides is 1. The number of nitrogens with two attached hydrogens (primary N) is 1. The highest BCUT2D eigenvalue weighted by Gasteiger charge is 2.32. The van der Waals surface area contributed by atoms with Crippen LogP contribution in [0.3, 0.4) is 0 Å². The van der Waals surface area contributed by atoms with Gasteiger partial charge < -0.3 is 20.7 Å². The van der Waals surface area contributed by atoms with E-state index in [0.717, 1.165) is 32.5 Å². The average Bonchev–Trinajstić information content (AvgIpc) is 2.31. The lowest BCUT2D eigenvalue weighted by Crippen LogP contribution is -2.59. The molecule has 1 amide bonds. The number of likely N-dealkylation sites (N-methyl/N-ethyl adjacent to an activating group) is 1. The Balaban J connectivity index is 2.42. The van der Waals surface area contributed by atoms with Gasteiger partial charge in [0.2, 0.25) is 5.91 Å². The summed E-state index contributed by atoms with van der Waals surface area (Å²) >= 11 is 0. The van der Waals surface area contributed by atoms with Crippen molar-refractivity contribution in [1.29, 1.82) is 0 Å². The molecule has 17 heavy (non-hydrogen) atoms. The molecule has 0 aromatic carbocycles. The lowest BCUT2D eigenvalue weighted by atomic mass is 9.99. The van der Waals surface area contributed by atoms with Crippen molar-refractivity contribution in [3.8, 4) is 0 Å². The number of hydrogen-bond donors (Lipinski definition) is 2. The van der Waals surface area contributed by atoms with Crippen molar-refractivity contribution in [3.05, 3.63) is 0 Å². The van der Waals surface area contributed by atoms with Crippen LogP contribution in [0.25, 0.3) is 0 Å². The number of ether oxygens (including phenoxy) is 1. The van der Waals surface area contributed by atoms with Gasteiger partial charge in [-0.3, -0.25) is 4.79 Å². The third-order valence-electron chi connectivity index (χ3n) is 3.57. The summed E-state index contributed by atoms with van der Waals surface area (Å²) in [6.07, 6.45) is 2.45. The molecular formula is C12H25N3O2. The molecule has 0 bridgehead atoms. The fourth-order valence-corrected chi connectivity index (χ4v) is 2.20. The zero-order valence-corrected chi connectivity index (χ0v) is 11.2. The molecule has 1 fully saturated rings. The molecule has 0 saturated carbocycles. The minimum Gasteiger partial charge on any atom is -0.378 e. The van der Waals surface area contributed by atoms with E-state index in [1.165, 1.54) is 0 Å². The van der Waals surface area contributed by atoms with Gasteiger partial charge in [0.05, 0.1) is 6.10 Å². The fourth-order valence-electron chi connectivity index (χ4n) is 2.20. The van der Waals surface area contributed by atoms with Gasteiger partial charge in [-0.25, -0.2) is 0 Å². The van der Waals surface area contributed by atoms with Gasteiger partial charge >= 0.3 is 0 Å². The van der Waals surface area contributed by atoms with E-state index in [-0.39, 0.29) is 5.91 Å². The smallest absolute Gasteiger partial charge is 0.238 e. The Morgan fingerprint density at radius 1 is 1.53 bits per heavy atom. The third kappa shape index (κ3) is 3.94. The number of nitrogens with zero attached hydrogens (tertiary/aromatic N) is 1. The predicted molar refractivity (Wildman–Crippen MR) is 67.7 cm³/mol. The maximum Gasteiger partial charge on any atom is 0.238 e. The zero-order valence-electron chi connectivity index (χ0n) is 11.2. The van der Waals surface area contributed by atoms with Crippen LogP contribution in [-0.4, -0.2) is 55.7 Å². The van der Waals surface area contributed by atoms with E-state index in [1.54, 1.807) is 7.05 Å². The van der Waals surface area contributed by atoms with Crippen LogP contribution < -0.4 is 11.1 Å². The van der Waals surface area contributed by atoms with Gasteiger partial charge in [-0.2, -0.15) is 0 Å². The van der Waals surface area contributed by atoms with Crippen LogP contribution >= 0.6 is 0 Å². The highest BCUT2D eigenvalue weighted by molar-refractivity contribution is 5.84. The van der Waals surface area contributed by atoms with Crippen LogP contribution in [0, 0.1) is 0 Å². The number of piperidine rings is 1. The molecule has 100 valence electrons. The molecule has 5 nitrogen and oxygen atoms in total. The number of rotatable bonds is 6. The van der Waals surface area contributed by atoms with E-state index >= 15 is 0 Å². The molecule has 1 aliphatic heterocycles. The molecule has 0 aromatic rings. The molecule has 1 heterocycles. The highest BCUT2D eigenvalue weighted by Crippen LogP contribution is 2.16. The summed E-state index contributed by atoms with van der Waals surface area (Å²) in [6, 6.07) is 0. The number of carbonyl (C=O) groups excluding carboxylic acids is 1. The van der Waals surface area contributed by atoms with Crippen molar-refractivity contribution in [2.75, 3.05) is 33.3 Å². The predicted octanol–water partition coefficient (Wildman–Crippen LogP) is -0.0493. The van der Waals surface area contributed by atoms with E-state index in [2.05, 4.69) is 10.2 Å². The Bertz CT molecular complexity index is 252. The molecule has 0 spiro atoms. The maximum absolute atomic E-state index is 11.4. The Kier molecular flexibility index (Phi) is 5.36. The molecule has 0 aromatic heterocycles. The van der Waals surface area contributed by atoms with E-state index < -0.39 is 5.54 Å². The summed E-state index contributed by atoms with van der Waals surface area (Å²) in [5.41, 5.74) is 4.78. The van der Waals surface area contributed by atoms with Gasteiger partial charge in [0.1, 0.15) is 5.54 Å². The van der Waals surface area contributed by atoms with Gasteiger partial charge in [-0.05, 0) is 33.7 Å². The van der Waals surface area contributed by atoms with Crippen LogP contribution in [0.4, 0.5) is 0 Å². The first-order valence-electron chi connectivity index (χ1n) is 6.34. The largest absolute Gasteiger partial charge is 0.378 e.